The van der Waals surface area contributed by atoms with Crippen molar-refractivity contribution >= 4 is 29.0 Å². The van der Waals surface area contributed by atoms with Gasteiger partial charge in [-0.25, -0.2) is 4.79 Å². The highest BCUT2D eigenvalue weighted by Crippen LogP contribution is 2.24. The number of rotatable bonds is 10. The van der Waals surface area contributed by atoms with E-state index in [4.69, 9.17) is 4.74 Å². The number of amides is 3. The standard InChI is InChI=1S/C27H33N3O3S/c1-5-21(3)30(27(32)28-23-13-9-10-14-24(23)33-4)19-26(31)29(17-22-11-7-6-8-12-22)18-25-20(2)15-16-34-25/h6-16,21H,5,17-19H2,1-4H3,(H,28,32). The summed E-state index contributed by atoms with van der Waals surface area (Å²) in [4.78, 5) is 31.4. The number of carbonyl (C=O) groups is 2. The summed E-state index contributed by atoms with van der Waals surface area (Å²) < 4.78 is 5.36. The predicted molar refractivity (Wildman–Crippen MR) is 138 cm³/mol. The highest BCUT2D eigenvalue weighted by Gasteiger charge is 2.26. The van der Waals surface area contributed by atoms with E-state index in [2.05, 4.69) is 18.3 Å². The first-order valence-corrected chi connectivity index (χ1v) is 12.4. The Labute approximate surface area is 206 Å². The molecule has 0 saturated carbocycles. The molecule has 3 aromatic rings. The third-order valence-corrected chi connectivity index (χ3v) is 6.92. The lowest BCUT2D eigenvalue weighted by Crippen LogP contribution is -2.47. The molecule has 0 bridgehead atoms. The Morgan fingerprint density at radius 2 is 1.74 bits per heavy atom. The number of nitrogens with zero attached hydrogens (tertiary/aromatic N) is 2. The lowest BCUT2D eigenvalue weighted by molar-refractivity contribution is -0.133. The monoisotopic (exact) mass is 479 g/mol. The Bertz CT molecular complexity index is 1080. The number of benzene rings is 2. The molecule has 1 heterocycles. The van der Waals surface area contributed by atoms with Crippen LogP contribution >= 0.6 is 11.3 Å². The molecule has 1 aromatic heterocycles. The summed E-state index contributed by atoms with van der Waals surface area (Å²) in [7, 11) is 1.56. The van der Waals surface area contributed by atoms with E-state index in [0.717, 1.165) is 16.9 Å². The van der Waals surface area contributed by atoms with Crippen molar-refractivity contribution in [2.24, 2.45) is 0 Å². The van der Waals surface area contributed by atoms with E-state index in [1.54, 1.807) is 35.5 Å². The maximum atomic E-state index is 13.6. The van der Waals surface area contributed by atoms with Gasteiger partial charge in [-0.3, -0.25) is 4.79 Å². The van der Waals surface area contributed by atoms with E-state index in [9.17, 15) is 9.59 Å². The summed E-state index contributed by atoms with van der Waals surface area (Å²) in [5, 5.41) is 4.96. The maximum Gasteiger partial charge on any atom is 0.322 e. The van der Waals surface area contributed by atoms with E-state index >= 15 is 0 Å². The minimum Gasteiger partial charge on any atom is -0.495 e. The van der Waals surface area contributed by atoms with Crippen LogP contribution in [-0.4, -0.2) is 41.4 Å². The van der Waals surface area contributed by atoms with Crippen LogP contribution in [-0.2, 0) is 17.9 Å². The summed E-state index contributed by atoms with van der Waals surface area (Å²) in [6, 6.07) is 18.8. The van der Waals surface area contributed by atoms with Crippen LogP contribution in [0.5, 0.6) is 5.75 Å². The third kappa shape index (κ3) is 6.60. The van der Waals surface area contributed by atoms with E-state index in [-0.39, 0.29) is 24.5 Å². The van der Waals surface area contributed by atoms with Crippen molar-refractivity contribution < 1.29 is 14.3 Å². The van der Waals surface area contributed by atoms with Gasteiger partial charge in [0.15, 0.2) is 0 Å². The summed E-state index contributed by atoms with van der Waals surface area (Å²) in [5.74, 6) is 0.484. The quantitative estimate of drug-likeness (QED) is 0.392. The SMILES string of the molecule is CCC(C)N(CC(=O)N(Cc1ccccc1)Cc1sccc1C)C(=O)Nc1ccccc1OC. The molecule has 1 atom stereocenters. The molecule has 0 fully saturated rings. The van der Waals surface area contributed by atoms with Gasteiger partial charge in [-0.1, -0.05) is 49.4 Å². The first-order valence-electron chi connectivity index (χ1n) is 11.5. The smallest absolute Gasteiger partial charge is 0.322 e. The fourth-order valence-electron chi connectivity index (χ4n) is 3.60. The summed E-state index contributed by atoms with van der Waals surface area (Å²) in [6.45, 7) is 7.02. The number of anilines is 1. The average Bonchev–Trinajstić information content (AvgIpc) is 3.26. The molecule has 6 nitrogen and oxygen atoms in total. The van der Waals surface area contributed by atoms with Crippen molar-refractivity contribution in [3.8, 4) is 5.75 Å². The van der Waals surface area contributed by atoms with Crippen molar-refractivity contribution in [1.29, 1.82) is 0 Å². The minimum atomic E-state index is -0.320. The fourth-order valence-corrected chi connectivity index (χ4v) is 4.53. The van der Waals surface area contributed by atoms with Crippen molar-refractivity contribution in [1.82, 2.24) is 9.80 Å². The van der Waals surface area contributed by atoms with Crippen LogP contribution in [0, 0.1) is 6.92 Å². The van der Waals surface area contributed by atoms with E-state index in [1.807, 2.05) is 66.6 Å². The van der Waals surface area contributed by atoms with Crippen LogP contribution < -0.4 is 10.1 Å². The first kappa shape index (κ1) is 25.3. The van der Waals surface area contributed by atoms with Crippen molar-refractivity contribution in [2.45, 2.75) is 46.3 Å². The average molecular weight is 480 g/mol. The molecule has 0 aliphatic heterocycles. The number of urea groups is 1. The number of ether oxygens (including phenoxy) is 1. The van der Waals surface area contributed by atoms with Gasteiger partial charge >= 0.3 is 6.03 Å². The van der Waals surface area contributed by atoms with Gasteiger partial charge in [-0.15, -0.1) is 11.3 Å². The summed E-state index contributed by atoms with van der Waals surface area (Å²) in [5.41, 5.74) is 2.80. The van der Waals surface area contributed by atoms with Gasteiger partial charge in [0.1, 0.15) is 12.3 Å². The second-order valence-electron chi connectivity index (χ2n) is 8.28. The lowest BCUT2D eigenvalue weighted by Gasteiger charge is -2.31. The Balaban J connectivity index is 1.81. The third-order valence-electron chi connectivity index (χ3n) is 5.91. The number of methoxy groups -OCH3 is 1. The molecule has 3 amide bonds. The molecular weight excluding hydrogens is 446 g/mol. The Kier molecular flexibility index (Phi) is 9.10. The number of hydrogen-bond acceptors (Lipinski definition) is 4. The van der Waals surface area contributed by atoms with Gasteiger partial charge in [-0.2, -0.15) is 0 Å². The molecule has 34 heavy (non-hydrogen) atoms. The Morgan fingerprint density at radius 1 is 1.03 bits per heavy atom. The highest BCUT2D eigenvalue weighted by molar-refractivity contribution is 7.10. The van der Waals surface area contributed by atoms with Crippen LogP contribution in [0.1, 0.15) is 36.3 Å². The number of hydrogen-bond donors (Lipinski definition) is 1. The van der Waals surface area contributed by atoms with Gasteiger partial charge in [0.2, 0.25) is 5.91 Å². The molecule has 1 N–H and O–H groups in total. The van der Waals surface area contributed by atoms with Crippen LogP contribution in [0.15, 0.2) is 66.0 Å². The van der Waals surface area contributed by atoms with Crippen LogP contribution in [0.25, 0.3) is 0 Å². The normalized spacial score (nSPS) is 11.5. The number of carbonyl (C=O) groups excluding carboxylic acids is 2. The van der Waals surface area contributed by atoms with Crippen LogP contribution in [0.2, 0.25) is 0 Å². The largest absolute Gasteiger partial charge is 0.495 e. The van der Waals surface area contributed by atoms with E-state index < -0.39 is 0 Å². The van der Waals surface area contributed by atoms with Crippen molar-refractivity contribution in [2.75, 3.05) is 19.0 Å². The Morgan fingerprint density at radius 3 is 2.38 bits per heavy atom. The van der Waals surface area contributed by atoms with Crippen molar-refractivity contribution in [3.05, 3.63) is 82.0 Å². The number of nitrogens with one attached hydrogen (secondary N) is 1. The molecule has 3 rings (SSSR count). The zero-order valence-electron chi connectivity index (χ0n) is 20.3. The maximum absolute atomic E-state index is 13.6. The molecule has 0 spiro atoms. The molecule has 0 saturated heterocycles. The molecule has 180 valence electrons. The molecule has 2 aromatic carbocycles. The van der Waals surface area contributed by atoms with Gasteiger partial charge < -0.3 is 19.9 Å². The molecule has 0 radical (unpaired) electrons. The van der Waals surface area contributed by atoms with E-state index in [1.165, 1.54) is 5.56 Å². The number of thiophene rings is 1. The number of para-hydroxylation sites is 2. The zero-order valence-corrected chi connectivity index (χ0v) is 21.1. The summed E-state index contributed by atoms with van der Waals surface area (Å²) >= 11 is 1.65. The van der Waals surface area contributed by atoms with E-state index in [0.29, 0.717) is 24.5 Å². The van der Waals surface area contributed by atoms with Gasteiger partial charge in [0.05, 0.1) is 19.3 Å². The van der Waals surface area contributed by atoms with Crippen LogP contribution in [0.3, 0.4) is 0 Å². The van der Waals surface area contributed by atoms with Crippen molar-refractivity contribution in [3.63, 3.8) is 0 Å². The fraction of sp³-hybridized carbons (Fsp3) is 0.333. The number of aryl methyl sites for hydroxylation is 1. The van der Waals surface area contributed by atoms with Gasteiger partial charge in [-0.05, 0) is 55.0 Å². The second kappa shape index (κ2) is 12.2. The molecule has 1 unspecified atom stereocenters. The minimum absolute atomic E-state index is 0.00670. The second-order valence-corrected chi connectivity index (χ2v) is 9.28. The topological polar surface area (TPSA) is 61.9 Å². The molecule has 7 heteroatoms. The molecular formula is C27H33N3O3S. The Hall–Kier alpha value is -3.32. The zero-order chi connectivity index (χ0) is 24.5. The predicted octanol–water partition coefficient (Wildman–Crippen LogP) is 5.93. The van der Waals surface area contributed by atoms with Crippen LogP contribution in [0.4, 0.5) is 10.5 Å². The lowest BCUT2D eigenvalue weighted by atomic mass is 10.2. The highest BCUT2D eigenvalue weighted by atomic mass is 32.1. The molecule has 0 aliphatic carbocycles. The summed E-state index contributed by atoms with van der Waals surface area (Å²) in [6.07, 6.45) is 0.731. The van der Waals surface area contributed by atoms with Gasteiger partial charge in [0.25, 0.3) is 0 Å². The first-order chi connectivity index (χ1) is 16.4. The molecule has 0 aliphatic rings. The van der Waals surface area contributed by atoms with Gasteiger partial charge in [0, 0.05) is 17.5 Å².